The van der Waals surface area contributed by atoms with Gasteiger partial charge in [0.2, 0.25) is 0 Å². The molecule has 0 aromatic carbocycles. The summed E-state index contributed by atoms with van der Waals surface area (Å²) in [7, 11) is -1.25. The molecule has 0 spiro atoms. The van der Waals surface area contributed by atoms with E-state index >= 15 is 0 Å². The molecule has 1 N–H and O–H groups in total. The molecule has 0 atom stereocenters. The fourth-order valence-corrected chi connectivity index (χ4v) is 3.79. The highest BCUT2D eigenvalue weighted by Crippen LogP contribution is 2.34. The highest BCUT2D eigenvalue weighted by Gasteiger charge is 2.26. The van der Waals surface area contributed by atoms with Crippen molar-refractivity contribution in [2.75, 3.05) is 13.2 Å². The lowest BCUT2D eigenvalue weighted by molar-refractivity contribution is 0.0478. The smallest absolute Gasteiger partial charge is 0.356 e. The van der Waals surface area contributed by atoms with Crippen molar-refractivity contribution in [3.05, 3.63) is 32.3 Å². The molecule has 0 unspecified atom stereocenters. The van der Waals surface area contributed by atoms with Gasteiger partial charge >= 0.3 is 5.97 Å². The van der Waals surface area contributed by atoms with Crippen LogP contribution < -0.4 is 5.56 Å². The molecule has 138 valence electrons. The molecule has 0 amide bonds. The molecule has 0 bridgehead atoms. The van der Waals surface area contributed by atoms with Crippen LogP contribution in [0.5, 0.6) is 0 Å². The molecule has 6 nitrogen and oxygen atoms in total. The van der Waals surface area contributed by atoms with E-state index in [2.05, 4.69) is 24.6 Å². The molecule has 2 aromatic rings. The fourth-order valence-electron chi connectivity index (χ4n) is 2.37. The second-order valence-corrected chi connectivity index (χ2v) is 13.3. The lowest BCUT2D eigenvalue weighted by atomic mass is 10.3. The Morgan fingerprint density at radius 2 is 2.00 bits per heavy atom. The van der Waals surface area contributed by atoms with Crippen LogP contribution in [0.2, 0.25) is 35.7 Å². The molecule has 0 radical (unpaired) electrons. The molecule has 0 fully saturated rings. The Hall–Kier alpha value is -1.28. The molecule has 25 heavy (non-hydrogen) atoms. The number of aromatic amines is 1. The van der Waals surface area contributed by atoms with Crippen LogP contribution in [0, 0.1) is 0 Å². The lowest BCUT2D eigenvalue weighted by Gasteiger charge is -2.16. The van der Waals surface area contributed by atoms with Crippen LogP contribution in [0.25, 0.3) is 10.9 Å². The fraction of sp³-hybridized carbons (Fsp3) is 0.500. The molecule has 0 aliphatic heterocycles. The largest absolute Gasteiger partial charge is 0.461 e. The maximum Gasteiger partial charge on any atom is 0.356 e. The zero-order chi connectivity index (χ0) is 18.8. The molecule has 2 heterocycles. The summed E-state index contributed by atoms with van der Waals surface area (Å²) in [4.78, 5) is 27.2. The quantitative estimate of drug-likeness (QED) is 0.427. The maximum atomic E-state index is 12.3. The summed E-state index contributed by atoms with van der Waals surface area (Å²) < 4.78 is 12.2. The van der Waals surface area contributed by atoms with Gasteiger partial charge in [-0.25, -0.2) is 4.79 Å². The number of nitrogens with zero attached hydrogens (tertiary/aromatic N) is 1. The Balaban J connectivity index is 2.48. The third kappa shape index (κ3) is 4.47. The molecular weight excluding hydrogens is 383 g/mol. The Labute approximate surface area is 157 Å². The third-order valence-electron chi connectivity index (χ3n) is 3.67. The SMILES string of the molecule is CCOC(=O)c1c(Cl)c2c(Cl)c[nH]c(=O)c2n1COCC[Si](C)(C)C. The number of nitrogens with one attached hydrogen (secondary N) is 1. The monoisotopic (exact) mass is 404 g/mol. The van der Waals surface area contributed by atoms with Crippen LogP contribution in [0.3, 0.4) is 0 Å². The number of ether oxygens (including phenoxy) is 2. The Bertz CT molecular complexity index is 839. The number of carbonyl (C=O) groups is 1. The van der Waals surface area contributed by atoms with Crippen molar-refractivity contribution >= 4 is 48.1 Å². The zero-order valence-electron chi connectivity index (χ0n) is 14.7. The molecule has 0 saturated heterocycles. The van der Waals surface area contributed by atoms with Gasteiger partial charge < -0.3 is 19.0 Å². The van der Waals surface area contributed by atoms with Gasteiger partial charge in [0.15, 0.2) is 0 Å². The molecule has 0 saturated carbocycles. The zero-order valence-corrected chi connectivity index (χ0v) is 17.3. The van der Waals surface area contributed by atoms with Crippen molar-refractivity contribution in [1.82, 2.24) is 9.55 Å². The number of fused-ring (bicyclic) bond motifs is 1. The van der Waals surface area contributed by atoms with E-state index in [1.807, 2.05) is 0 Å². The van der Waals surface area contributed by atoms with E-state index in [0.717, 1.165) is 6.04 Å². The van der Waals surface area contributed by atoms with Crippen LogP contribution in [-0.4, -0.2) is 36.8 Å². The van der Waals surface area contributed by atoms with Crippen molar-refractivity contribution in [3.8, 4) is 0 Å². The van der Waals surface area contributed by atoms with Gasteiger partial charge in [-0.05, 0) is 13.0 Å². The predicted molar refractivity (Wildman–Crippen MR) is 103 cm³/mol. The molecular formula is C16H22Cl2N2O4Si. The van der Waals surface area contributed by atoms with E-state index in [1.54, 1.807) is 6.92 Å². The Kier molecular flexibility index (Phi) is 6.37. The Morgan fingerprint density at radius 1 is 1.32 bits per heavy atom. The highest BCUT2D eigenvalue weighted by molar-refractivity contribution is 6.76. The third-order valence-corrected chi connectivity index (χ3v) is 6.04. The number of H-pyrrole nitrogens is 1. The molecule has 9 heteroatoms. The van der Waals surface area contributed by atoms with Crippen LogP contribution in [-0.2, 0) is 16.2 Å². The van der Waals surface area contributed by atoms with Crippen LogP contribution in [0.1, 0.15) is 17.4 Å². The summed E-state index contributed by atoms with van der Waals surface area (Å²) in [6.45, 7) is 9.17. The number of hydrogen-bond donors (Lipinski definition) is 1. The van der Waals surface area contributed by atoms with Crippen LogP contribution >= 0.6 is 23.2 Å². The molecule has 0 aliphatic rings. The van der Waals surface area contributed by atoms with Gasteiger partial charge in [0.05, 0.1) is 16.7 Å². The number of esters is 1. The molecule has 0 aliphatic carbocycles. The van der Waals surface area contributed by atoms with Crippen molar-refractivity contribution in [2.24, 2.45) is 0 Å². The number of aromatic nitrogens is 2. The van der Waals surface area contributed by atoms with Crippen LogP contribution in [0.4, 0.5) is 0 Å². The molecule has 2 rings (SSSR count). The van der Waals surface area contributed by atoms with Crippen molar-refractivity contribution in [1.29, 1.82) is 0 Å². The lowest BCUT2D eigenvalue weighted by Crippen LogP contribution is -2.23. The maximum absolute atomic E-state index is 12.3. The minimum absolute atomic E-state index is 0.0191. The van der Waals surface area contributed by atoms with Gasteiger partial charge in [-0.1, -0.05) is 42.8 Å². The first kappa shape index (κ1) is 20.0. The number of carbonyl (C=O) groups excluding carboxylic acids is 1. The van der Waals surface area contributed by atoms with E-state index in [4.69, 9.17) is 32.7 Å². The van der Waals surface area contributed by atoms with E-state index < -0.39 is 19.6 Å². The first-order valence-corrected chi connectivity index (χ1v) is 12.5. The summed E-state index contributed by atoms with van der Waals surface area (Å²) in [6.07, 6.45) is 1.35. The summed E-state index contributed by atoms with van der Waals surface area (Å²) in [5.74, 6) is -0.618. The second kappa shape index (κ2) is 7.95. The van der Waals surface area contributed by atoms with Gasteiger partial charge in [-0.2, -0.15) is 0 Å². The summed E-state index contributed by atoms with van der Waals surface area (Å²) >= 11 is 12.5. The summed E-state index contributed by atoms with van der Waals surface area (Å²) in [6, 6.07) is 0.964. The van der Waals surface area contributed by atoms with Gasteiger partial charge in [-0.3, -0.25) is 4.79 Å². The van der Waals surface area contributed by atoms with Gasteiger partial charge in [0.25, 0.3) is 5.56 Å². The molecule has 2 aromatic heterocycles. The standard InChI is InChI=1S/C16H22Cl2N2O4Si/c1-5-24-16(22)14-12(18)11-10(17)8-19-15(21)13(11)20(14)9-23-6-7-25(2,3)4/h8H,5-7,9H2,1-4H3,(H,19,21). The normalized spacial score (nSPS) is 11.9. The average Bonchev–Trinajstić information content (AvgIpc) is 2.81. The first-order chi connectivity index (χ1) is 11.7. The van der Waals surface area contributed by atoms with Crippen molar-refractivity contribution < 1.29 is 14.3 Å². The van der Waals surface area contributed by atoms with E-state index in [9.17, 15) is 9.59 Å². The van der Waals surface area contributed by atoms with Gasteiger partial charge in [0, 0.05) is 26.3 Å². The van der Waals surface area contributed by atoms with E-state index in [-0.39, 0.29) is 34.6 Å². The van der Waals surface area contributed by atoms with Crippen LogP contribution in [0.15, 0.2) is 11.0 Å². The summed E-state index contributed by atoms with van der Waals surface area (Å²) in [5, 5.41) is 0.674. The Morgan fingerprint density at radius 3 is 2.60 bits per heavy atom. The van der Waals surface area contributed by atoms with Gasteiger partial charge in [0.1, 0.15) is 17.9 Å². The highest BCUT2D eigenvalue weighted by atomic mass is 35.5. The topological polar surface area (TPSA) is 73.3 Å². The van der Waals surface area contributed by atoms with E-state index in [1.165, 1.54) is 10.8 Å². The average molecular weight is 405 g/mol. The minimum Gasteiger partial charge on any atom is -0.461 e. The summed E-state index contributed by atoms with van der Waals surface area (Å²) in [5.41, 5.74) is -0.121. The van der Waals surface area contributed by atoms with Gasteiger partial charge in [-0.15, -0.1) is 0 Å². The van der Waals surface area contributed by atoms with Crippen molar-refractivity contribution in [3.63, 3.8) is 0 Å². The van der Waals surface area contributed by atoms with Crippen molar-refractivity contribution in [2.45, 2.75) is 39.3 Å². The predicted octanol–water partition coefficient (Wildman–Crippen LogP) is 4.13. The number of halogens is 2. The minimum atomic E-state index is -1.25. The first-order valence-electron chi connectivity index (χ1n) is 8.01. The number of pyridine rings is 1. The number of rotatable bonds is 7. The number of hydrogen-bond acceptors (Lipinski definition) is 4. The second-order valence-electron chi connectivity index (χ2n) is 6.85. The van der Waals surface area contributed by atoms with E-state index in [0.29, 0.717) is 12.0 Å².